The van der Waals surface area contributed by atoms with Crippen molar-refractivity contribution >= 4 is 95.5 Å². The van der Waals surface area contributed by atoms with Crippen LogP contribution in [0, 0.1) is 0 Å². The van der Waals surface area contributed by atoms with Crippen LogP contribution in [-0.4, -0.2) is 30.4 Å². The monoisotopic (exact) mass is 818 g/mol. The number of rotatable bonds is 10. The normalized spacial score (nSPS) is 11.6. The number of esters is 1. The lowest BCUT2D eigenvalue weighted by Crippen LogP contribution is -2.39. The molecule has 3 rings (SSSR count). The molecule has 0 bridgehead atoms. The summed E-state index contributed by atoms with van der Waals surface area (Å²) in [6.45, 7) is 5.12. The second-order valence-corrected chi connectivity index (χ2v) is 14.7. The van der Waals surface area contributed by atoms with E-state index in [1.54, 1.807) is 74.5 Å². The Hall–Kier alpha value is -0.520. The molecule has 0 spiro atoms. The minimum Gasteiger partial charge on any atom is -0.460 e. The molecule has 0 aliphatic heterocycles. The Labute approximate surface area is 275 Å². The van der Waals surface area contributed by atoms with E-state index < -0.39 is 18.3 Å². The molecule has 40 heavy (non-hydrogen) atoms. The molecule has 0 aliphatic carbocycles. The van der Waals surface area contributed by atoms with Crippen LogP contribution in [0.4, 0.5) is 0 Å². The summed E-state index contributed by atoms with van der Waals surface area (Å²) in [6, 6.07) is 17.1. The van der Waals surface area contributed by atoms with Crippen LogP contribution in [0.3, 0.4) is 0 Å². The molecule has 0 unspecified atom stereocenters. The summed E-state index contributed by atoms with van der Waals surface area (Å²) in [6.07, 6.45) is -0.315. The van der Waals surface area contributed by atoms with Crippen molar-refractivity contribution in [3.05, 3.63) is 95.3 Å². The van der Waals surface area contributed by atoms with Gasteiger partial charge in [0.2, 0.25) is 5.60 Å². The van der Waals surface area contributed by atoms with Gasteiger partial charge < -0.3 is 14.4 Å². The van der Waals surface area contributed by atoms with Crippen molar-refractivity contribution in [1.29, 1.82) is 0 Å². The van der Waals surface area contributed by atoms with E-state index in [1.807, 2.05) is 13.8 Å². The van der Waals surface area contributed by atoms with Gasteiger partial charge in [0.1, 0.15) is 5.75 Å². The molecule has 0 radical (unpaired) electrons. The number of aliphatic hydroxyl groups is 1. The molecule has 0 fully saturated rings. The van der Waals surface area contributed by atoms with Crippen LogP contribution < -0.4 is 4.52 Å². The van der Waals surface area contributed by atoms with Gasteiger partial charge in [-0.1, -0.05) is 79.3 Å². The zero-order valence-electron chi connectivity index (χ0n) is 22.0. The summed E-state index contributed by atoms with van der Waals surface area (Å²) < 4.78 is 24.0. The maximum atomic E-state index is 12.6. The topological polar surface area (TPSA) is 74.2 Å². The highest BCUT2D eigenvalue weighted by Crippen LogP contribution is 2.52. The zero-order valence-corrected chi connectivity index (χ0v) is 30.0. The van der Waals surface area contributed by atoms with E-state index in [0.717, 1.165) is 8.95 Å². The van der Waals surface area contributed by atoms with Gasteiger partial charge in [0.25, 0.3) is 0 Å². The lowest BCUT2D eigenvalue weighted by atomic mass is 9.86. The smallest absolute Gasteiger partial charge is 0.380 e. The van der Waals surface area contributed by atoms with Gasteiger partial charge in [0.05, 0.1) is 29.4 Å². The fourth-order valence-corrected chi connectivity index (χ4v) is 6.68. The number of carbonyl (C=O) groups excluding carboxylic acids is 1. The SMILES string of the molecule is CC(C)OC(=O)C(O)(c1ccc(Br)cc1)c1ccc(Br)cc1.CCOP(=S)(OCC)Oc1cc(Cl)c(Br)cc1Cl. The first kappa shape index (κ1) is 35.7. The Morgan fingerprint density at radius 1 is 0.900 bits per heavy atom. The molecule has 0 aliphatic rings. The Kier molecular flexibility index (Phi) is 14.6. The summed E-state index contributed by atoms with van der Waals surface area (Å²) in [5.41, 5.74) is -0.918. The van der Waals surface area contributed by atoms with Crippen LogP contribution in [0.15, 0.2) is 74.1 Å². The fourth-order valence-electron chi connectivity index (χ4n) is 3.18. The number of benzene rings is 3. The van der Waals surface area contributed by atoms with Crippen LogP contribution in [0.25, 0.3) is 0 Å². The number of halogens is 5. The predicted molar refractivity (Wildman–Crippen MR) is 175 cm³/mol. The standard InChI is InChI=1S/C17H16Br2O3.C10H12BrCl2O3PS/c1-11(2)22-16(20)17(21,12-3-7-14(18)8-4-12)13-5-9-15(19)10-6-13;1-3-14-17(18,15-4-2)16-10-6-8(12)7(11)5-9(10)13/h3-11,21H,1-2H3;5-6H,3-4H2,1-2H3. The predicted octanol–water partition coefficient (Wildman–Crippen LogP) is 9.83. The number of hydrogen-bond acceptors (Lipinski definition) is 7. The third-order valence-corrected chi connectivity index (χ3v) is 9.90. The second kappa shape index (κ2) is 16.4. The molecule has 6 nitrogen and oxygen atoms in total. The lowest BCUT2D eigenvalue weighted by molar-refractivity contribution is -0.166. The largest absolute Gasteiger partial charge is 0.460 e. The highest BCUT2D eigenvalue weighted by molar-refractivity contribution is 9.11. The Bertz CT molecular complexity index is 1270. The quantitative estimate of drug-likeness (QED) is 0.124. The summed E-state index contributed by atoms with van der Waals surface area (Å²) >= 11 is 27.3. The van der Waals surface area contributed by atoms with Crippen molar-refractivity contribution in [3.8, 4) is 5.75 Å². The molecule has 1 N–H and O–H groups in total. The summed E-state index contributed by atoms with van der Waals surface area (Å²) in [5.74, 6) is -0.331. The van der Waals surface area contributed by atoms with Gasteiger partial charge in [-0.2, -0.15) is 0 Å². The minimum atomic E-state index is -2.83. The van der Waals surface area contributed by atoms with Crippen molar-refractivity contribution < 1.29 is 28.2 Å². The van der Waals surface area contributed by atoms with Crippen molar-refractivity contribution in [2.75, 3.05) is 13.2 Å². The fraction of sp³-hybridized carbons (Fsp3) is 0.296. The number of hydrogen-bond donors (Lipinski definition) is 1. The third-order valence-electron chi connectivity index (χ3n) is 4.92. The molecule has 218 valence electrons. The average molecular weight is 822 g/mol. The highest BCUT2D eigenvalue weighted by Gasteiger charge is 2.42. The maximum absolute atomic E-state index is 12.6. The van der Waals surface area contributed by atoms with Crippen molar-refractivity contribution in [1.82, 2.24) is 0 Å². The molecule has 0 saturated heterocycles. The van der Waals surface area contributed by atoms with Gasteiger partial charge in [-0.15, -0.1) is 0 Å². The van der Waals surface area contributed by atoms with E-state index >= 15 is 0 Å². The van der Waals surface area contributed by atoms with Gasteiger partial charge in [0, 0.05) is 31.3 Å². The first-order valence-electron chi connectivity index (χ1n) is 11.9. The van der Waals surface area contributed by atoms with Gasteiger partial charge in [0.15, 0.2) is 0 Å². The van der Waals surface area contributed by atoms with Crippen molar-refractivity contribution in [2.45, 2.75) is 39.4 Å². The second-order valence-electron chi connectivity index (χ2n) is 8.25. The van der Waals surface area contributed by atoms with Crippen LogP contribution in [-0.2, 0) is 36.0 Å². The van der Waals surface area contributed by atoms with E-state index in [9.17, 15) is 9.90 Å². The Balaban J connectivity index is 0.000000286. The number of ether oxygens (including phenoxy) is 1. The molecule has 0 heterocycles. The van der Waals surface area contributed by atoms with Gasteiger partial charge in [-0.05, 0) is 85.1 Å². The van der Waals surface area contributed by atoms with E-state index in [-0.39, 0.29) is 6.10 Å². The lowest BCUT2D eigenvalue weighted by Gasteiger charge is -2.28. The molecule has 0 aromatic heterocycles. The van der Waals surface area contributed by atoms with E-state index in [4.69, 9.17) is 53.3 Å². The molecule has 0 saturated carbocycles. The first-order valence-corrected chi connectivity index (χ1v) is 17.6. The van der Waals surface area contributed by atoms with Gasteiger partial charge in [-0.25, -0.2) is 4.79 Å². The van der Waals surface area contributed by atoms with E-state index in [0.29, 0.717) is 44.6 Å². The molecule has 0 amide bonds. The molecule has 3 aromatic rings. The van der Waals surface area contributed by atoms with Gasteiger partial charge >= 0.3 is 12.7 Å². The van der Waals surface area contributed by atoms with Crippen LogP contribution in [0.2, 0.25) is 10.0 Å². The summed E-state index contributed by atoms with van der Waals surface area (Å²) in [7, 11) is 0. The van der Waals surface area contributed by atoms with Gasteiger partial charge in [-0.3, -0.25) is 9.05 Å². The molecule has 0 atom stereocenters. The van der Waals surface area contributed by atoms with Crippen LogP contribution in [0.1, 0.15) is 38.8 Å². The zero-order chi connectivity index (χ0) is 30.1. The first-order chi connectivity index (χ1) is 18.8. The molecular weight excluding hydrogens is 794 g/mol. The van der Waals surface area contributed by atoms with Crippen LogP contribution >= 0.6 is 77.7 Å². The number of carbonyl (C=O) groups is 1. The third kappa shape index (κ3) is 10.0. The maximum Gasteiger partial charge on any atom is 0.380 e. The molecule has 13 heteroatoms. The van der Waals surface area contributed by atoms with Crippen molar-refractivity contribution in [3.63, 3.8) is 0 Å². The molecular formula is C27H28Br3Cl2O6PS. The van der Waals surface area contributed by atoms with E-state index in [2.05, 4.69) is 47.8 Å². The average Bonchev–Trinajstić information content (AvgIpc) is 2.88. The summed E-state index contributed by atoms with van der Waals surface area (Å²) in [4.78, 5) is 12.6. The van der Waals surface area contributed by atoms with Crippen LogP contribution in [0.5, 0.6) is 5.75 Å². The Morgan fingerprint density at radius 2 is 1.35 bits per heavy atom. The van der Waals surface area contributed by atoms with Crippen molar-refractivity contribution in [2.24, 2.45) is 0 Å². The summed E-state index contributed by atoms with van der Waals surface area (Å²) in [5, 5.41) is 12.0. The van der Waals surface area contributed by atoms with E-state index in [1.165, 1.54) is 0 Å². The molecule has 3 aromatic carbocycles. The minimum absolute atomic E-state index is 0.315. The Morgan fingerprint density at radius 3 is 1.75 bits per heavy atom. The highest BCUT2D eigenvalue weighted by atomic mass is 79.9.